The van der Waals surface area contributed by atoms with Gasteiger partial charge in [0.1, 0.15) is 0 Å². The third kappa shape index (κ3) is 2.90. The summed E-state index contributed by atoms with van der Waals surface area (Å²) in [6, 6.07) is 17.4. The molecule has 0 aliphatic carbocycles. The Morgan fingerprint density at radius 2 is 1.90 bits per heavy atom. The Balaban J connectivity index is 1.70. The van der Waals surface area contributed by atoms with Crippen molar-refractivity contribution in [2.24, 2.45) is 0 Å². The molecular weight excluding hydrogens is 264 g/mol. The third-order valence-corrected chi connectivity index (χ3v) is 3.11. The zero-order chi connectivity index (χ0) is 14.5. The van der Waals surface area contributed by atoms with Gasteiger partial charge in [0, 0.05) is 17.8 Å². The SMILES string of the molecule is N#Cc1ccccc1CNc1ccc(-c2nnco2)cc1. The molecule has 1 aromatic heterocycles. The van der Waals surface area contributed by atoms with Crippen LogP contribution in [0.4, 0.5) is 5.69 Å². The van der Waals surface area contributed by atoms with Gasteiger partial charge in [0.15, 0.2) is 0 Å². The molecule has 0 atom stereocenters. The monoisotopic (exact) mass is 276 g/mol. The predicted octanol–water partition coefficient (Wildman–Crippen LogP) is 3.22. The summed E-state index contributed by atoms with van der Waals surface area (Å²) in [5.41, 5.74) is 3.50. The highest BCUT2D eigenvalue weighted by Crippen LogP contribution is 2.19. The fourth-order valence-corrected chi connectivity index (χ4v) is 2.01. The molecule has 1 N–H and O–H groups in total. The van der Waals surface area contributed by atoms with Gasteiger partial charge in [-0.05, 0) is 35.9 Å². The van der Waals surface area contributed by atoms with Crippen molar-refractivity contribution in [2.75, 3.05) is 5.32 Å². The van der Waals surface area contributed by atoms with Crippen LogP contribution in [0.5, 0.6) is 0 Å². The first kappa shape index (κ1) is 12.9. The van der Waals surface area contributed by atoms with E-state index in [2.05, 4.69) is 21.6 Å². The van der Waals surface area contributed by atoms with E-state index in [0.29, 0.717) is 18.0 Å². The van der Waals surface area contributed by atoms with E-state index in [9.17, 15) is 0 Å². The molecular formula is C16H12N4O. The number of hydrogen-bond donors (Lipinski definition) is 1. The molecule has 2 aromatic carbocycles. The Kier molecular flexibility index (Phi) is 3.61. The zero-order valence-electron chi connectivity index (χ0n) is 11.2. The molecule has 3 rings (SSSR count). The van der Waals surface area contributed by atoms with Gasteiger partial charge < -0.3 is 9.73 Å². The van der Waals surface area contributed by atoms with Crippen molar-refractivity contribution >= 4 is 5.69 Å². The minimum atomic E-state index is 0.497. The average Bonchev–Trinajstić information content (AvgIpc) is 3.08. The van der Waals surface area contributed by atoms with Crippen LogP contribution in [-0.4, -0.2) is 10.2 Å². The highest BCUT2D eigenvalue weighted by molar-refractivity contribution is 5.58. The lowest BCUT2D eigenvalue weighted by molar-refractivity contribution is 0.568. The largest absolute Gasteiger partial charge is 0.423 e. The molecule has 0 bridgehead atoms. The lowest BCUT2D eigenvalue weighted by Gasteiger charge is -2.08. The van der Waals surface area contributed by atoms with Gasteiger partial charge in [-0.25, -0.2) is 0 Å². The van der Waals surface area contributed by atoms with Gasteiger partial charge >= 0.3 is 0 Å². The van der Waals surface area contributed by atoms with Crippen molar-refractivity contribution in [2.45, 2.75) is 6.54 Å². The molecule has 0 amide bonds. The molecule has 0 saturated carbocycles. The molecule has 3 aromatic rings. The smallest absolute Gasteiger partial charge is 0.247 e. The van der Waals surface area contributed by atoms with Crippen LogP contribution >= 0.6 is 0 Å². The maximum Gasteiger partial charge on any atom is 0.247 e. The summed E-state index contributed by atoms with van der Waals surface area (Å²) >= 11 is 0. The number of aromatic nitrogens is 2. The Morgan fingerprint density at radius 3 is 2.62 bits per heavy atom. The molecule has 0 radical (unpaired) electrons. The first-order valence-electron chi connectivity index (χ1n) is 6.45. The molecule has 0 fully saturated rings. The molecule has 0 unspecified atom stereocenters. The Labute approximate surface area is 121 Å². The van der Waals surface area contributed by atoms with Crippen LogP contribution in [-0.2, 0) is 6.54 Å². The highest BCUT2D eigenvalue weighted by Gasteiger charge is 2.04. The number of benzene rings is 2. The van der Waals surface area contributed by atoms with Crippen molar-refractivity contribution in [3.63, 3.8) is 0 Å². The first-order chi connectivity index (χ1) is 10.4. The highest BCUT2D eigenvalue weighted by atomic mass is 16.4. The quantitative estimate of drug-likeness (QED) is 0.791. The summed E-state index contributed by atoms with van der Waals surface area (Å²) in [4.78, 5) is 0. The minimum Gasteiger partial charge on any atom is -0.423 e. The summed E-state index contributed by atoms with van der Waals surface area (Å²) in [5.74, 6) is 0.497. The second-order valence-corrected chi connectivity index (χ2v) is 4.44. The zero-order valence-corrected chi connectivity index (χ0v) is 11.2. The van der Waals surface area contributed by atoms with Crippen LogP contribution in [0, 0.1) is 11.3 Å². The summed E-state index contributed by atoms with van der Waals surface area (Å²) < 4.78 is 5.14. The second-order valence-electron chi connectivity index (χ2n) is 4.44. The molecule has 5 nitrogen and oxygen atoms in total. The van der Waals surface area contributed by atoms with Gasteiger partial charge in [-0.3, -0.25) is 0 Å². The van der Waals surface area contributed by atoms with E-state index >= 15 is 0 Å². The van der Waals surface area contributed by atoms with E-state index < -0.39 is 0 Å². The molecule has 0 aliphatic rings. The topological polar surface area (TPSA) is 74.7 Å². The van der Waals surface area contributed by atoms with Gasteiger partial charge in [-0.15, -0.1) is 10.2 Å². The molecule has 1 heterocycles. The van der Waals surface area contributed by atoms with Crippen molar-refractivity contribution in [1.82, 2.24) is 10.2 Å². The molecule has 0 spiro atoms. The fourth-order valence-electron chi connectivity index (χ4n) is 2.01. The van der Waals surface area contributed by atoms with Crippen LogP contribution in [0.2, 0.25) is 0 Å². The number of hydrogen-bond acceptors (Lipinski definition) is 5. The normalized spacial score (nSPS) is 10.0. The molecule has 0 saturated heterocycles. The van der Waals surface area contributed by atoms with E-state index in [-0.39, 0.29) is 0 Å². The predicted molar refractivity (Wildman–Crippen MR) is 78.2 cm³/mol. The van der Waals surface area contributed by atoms with Gasteiger partial charge in [0.2, 0.25) is 12.3 Å². The van der Waals surface area contributed by atoms with E-state index in [1.807, 2.05) is 48.5 Å². The van der Waals surface area contributed by atoms with Crippen LogP contribution in [0.15, 0.2) is 59.3 Å². The van der Waals surface area contributed by atoms with Crippen molar-refractivity contribution in [3.8, 4) is 17.5 Å². The summed E-state index contributed by atoms with van der Waals surface area (Å²) in [7, 11) is 0. The van der Waals surface area contributed by atoms with E-state index in [1.54, 1.807) is 0 Å². The number of nitrogens with one attached hydrogen (secondary N) is 1. The fraction of sp³-hybridized carbons (Fsp3) is 0.0625. The van der Waals surface area contributed by atoms with Crippen LogP contribution < -0.4 is 5.32 Å². The first-order valence-corrected chi connectivity index (χ1v) is 6.45. The number of rotatable bonds is 4. The molecule has 102 valence electrons. The maximum absolute atomic E-state index is 9.06. The van der Waals surface area contributed by atoms with E-state index in [4.69, 9.17) is 9.68 Å². The number of nitriles is 1. The lowest BCUT2D eigenvalue weighted by Crippen LogP contribution is -2.01. The Hall–Kier alpha value is -3.13. The van der Waals surface area contributed by atoms with Gasteiger partial charge in [-0.1, -0.05) is 18.2 Å². The maximum atomic E-state index is 9.06. The number of nitrogens with zero attached hydrogens (tertiary/aromatic N) is 3. The average molecular weight is 276 g/mol. The van der Waals surface area contributed by atoms with Crippen LogP contribution in [0.25, 0.3) is 11.5 Å². The standard InChI is InChI=1S/C16H12N4O/c17-9-13-3-1-2-4-14(13)10-18-15-7-5-12(6-8-15)16-20-19-11-21-16/h1-8,11,18H,10H2. The molecule has 0 aliphatic heterocycles. The third-order valence-electron chi connectivity index (χ3n) is 3.11. The van der Waals surface area contributed by atoms with Crippen molar-refractivity contribution < 1.29 is 4.42 Å². The minimum absolute atomic E-state index is 0.497. The van der Waals surface area contributed by atoms with E-state index in [0.717, 1.165) is 16.8 Å². The van der Waals surface area contributed by atoms with E-state index in [1.165, 1.54) is 6.39 Å². The molecule has 21 heavy (non-hydrogen) atoms. The second kappa shape index (κ2) is 5.88. The van der Waals surface area contributed by atoms with Crippen molar-refractivity contribution in [1.29, 1.82) is 5.26 Å². The van der Waals surface area contributed by atoms with Crippen LogP contribution in [0.1, 0.15) is 11.1 Å². The Morgan fingerprint density at radius 1 is 1.10 bits per heavy atom. The van der Waals surface area contributed by atoms with Crippen LogP contribution in [0.3, 0.4) is 0 Å². The van der Waals surface area contributed by atoms with Crippen molar-refractivity contribution in [3.05, 3.63) is 66.1 Å². The van der Waals surface area contributed by atoms with Gasteiger partial charge in [-0.2, -0.15) is 5.26 Å². The summed E-state index contributed by atoms with van der Waals surface area (Å²) in [6.07, 6.45) is 1.31. The lowest BCUT2D eigenvalue weighted by atomic mass is 10.1. The van der Waals surface area contributed by atoms with Gasteiger partial charge in [0.05, 0.1) is 11.6 Å². The number of anilines is 1. The Bertz CT molecular complexity index is 758. The summed E-state index contributed by atoms with van der Waals surface area (Å²) in [5, 5.41) is 19.9. The summed E-state index contributed by atoms with van der Waals surface area (Å²) in [6.45, 7) is 0.601. The molecule has 5 heteroatoms. The van der Waals surface area contributed by atoms with Gasteiger partial charge in [0.25, 0.3) is 0 Å².